The van der Waals surface area contributed by atoms with Crippen molar-refractivity contribution in [2.45, 2.75) is 32.2 Å². The summed E-state index contributed by atoms with van der Waals surface area (Å²) in [5, 5.41) is 2.57. The normalized spacial score (nSPS) is 17.2. The molecule has 1 fully saturated rings. The lowest BCUT2D eigenvalue weighted by Crippen LogP contribution is -2.49. The summed E-state index contributed by atoms with van der Waals surface area (Å²) in [6, 6.07) is -0.459. The molecule has 0 aliphatic carbocycles. The Kier molecular flexibility index (Phi) is 7.08. The smallest absolute Gasteiger partial charge is 0.244 e. The van der Waals surface area contributed by atoms with Crippen molar-refractivity contribution in [3.05, 3.63) is 0 Å². The van der Waals surface area contributed by atoms with E-state index in [1.807, 2.05) is 4.90 Å². The van der Waals surface area contributed by atoms with Gasteiger partial charge in [-0.1, -0.05) is 0 Å². The van der Waals surface area contributed by atoms with Gasteiger partial charge in [0.05, 0.1) is 6.54 Å². The minimum absolute atomic E-state index is 0. The first-order valence-electron chi connectivity index (χ1n) is 5.43. The van der Waals surface area contributed by atoms with E-state index in [0.717, 1.165) is 25.9 Å². The van der Waals surface area contributed by atoms with Gasteiger partial charge in [-0.2, -0.15) is 0 Å². The second-order valence-electron chi connectivity index (χ2n) is 3.88. The summed E-state index contributed by atoms with van der Waals surface area (Å²) in [6.07, 6.45) is 3.31. The molecule has 1 aliphatic rings. The van der Waals surface area contributed by atoms with E-state index < -0.39 is 6.04 Å². The molecule has 1 unspecified atom stereocenters. The number of likely N-dealkylation sites (tertiary alicyclic amines) is 1. The van der Waals surface area contributed by atoms with E-state index in [0.29, 0.717) is 0 Å². The Morgan fingerprint density at radius 3 is 2.38 bits per heavy atom. The predicted octanol–water partition coefficient (Wildman–Crippen LogP) is -0.116. The zero-order valence-corrected chi connectivity index (χ0v) is 10.4. The van der Waals surface area contributed by atoms with Gasteiger partial charge in [-0.25, -0.2) is 0 Å². The molecular formula is C10H20ClN3O2. The second kappa shape index (κ2) is 7.46. The van der Waals surface area contributed by atoms with Gasteiger partial charge < -0.3 is 16.0 Å². The fourth-order valence-electron chi connectivity index (χ4n) is 1.75. The highest BCUT2D eigenvalue weighted by Crippen LogP contribution is 2.09. The predicted molar refractivity (Wildman–Crippen MR) is 64.3 cm³/mol. The zero-order chi connectivity index (χ0) is 11.3. The lowest BCUT2D eigenvalue weighted by molar-refractivity contribution is -0.136. The summed E-state index contributed by atoms with van der Waals surface area (Å²) in [6.45, 7) is 3.24. The van der Waals surface area contributed by atoms with Crippen LogP contribution >= 0.6 is 12.4 Å². The Labute approximate surface area is 102 Å². The van der Waals surface area contributed by atoms with Crippen LogP contribution in [-0.4, -0.2) is 42.4 Å². The molecule has 0 bridgehead atoms. The summed E-state index contributed by atoms with van der Waals surface area (Å²) in [5.41, 5.74) is 5.16. The standard InChI is InChI=1S/C10H19N3O2.ClH/c1-8(12-9(14)7-11)10(15)13-5-3-2-4-6-13;/h8H,2-7,11H2,1H3,(H,12,14);1H. The van der Waals surface area contributed by atoms with Crippen LogP contribution in [0.25, 0.3) is 0 Å². The highest BCUT2D eigenvalue weighted by atomic mass is 35.5. The lowest BCUT2D eigenvalue weighted by atomic mass is 10.1. The van der Waals surface area contributed by atoms with Crippen LogP contribution in [0, 0.1) is 0 Å². The number of hydrogen-bond acceptors (Lipinski definition) is 3. The van der Waals surface area contributed by atoms with E-state index in [1.165, 1.54) is 6.42 Å². The molecule has 1 atom stereocenters. The maximum Gasteiger partial charge on any atom is 0.244 e. The molecule has 1 rings (SSSR count). The molecule has 5 nitrogen and oxygen atoms in total. The van der Waals surface area contributed by atoms with Crippen LogP contribution in [0.4, 0.5) is 0 Å². The fourth-order valence-corrected chi connectivity index (χ4v) is 1.75. The average Bonchev–Trinajstić information content (AvgIpc) is 2.29. The summed E-state index contributed by atoms with van der Waals surface area (Å²) >= 11 is 0. The maximum atomic E-state index is 11.8. The van der Waals surface area contributed by atoms with Gasteiger partial charge in [0.2, 0.25) is 11.8 Å². The zero-order valence-electron chi connectivity index (χ0n) is 9.57. The van der Waals surface area contributed by atoms with Gasteiger partial charge in [0.25, 0.3) is 0 Å². The first-order valence-corrected chi connectivity index (χ1v) is 5.43. The Morgan fingerprint density at radius 2 is 1.88 bits per heavy atom. The highest BCUT2D eigenvalue weighted by Gasteiger charge is 2.22. The van der Waals surface area contributed by atoms with E-state index in [9.17, 15) is 9.59 Å². The van der Waals surface area contributed by atoms with E-state index in [1.54, 1.807) is 6.92 Å². The fraction of sp³-hybridized carbons (Fsp3) is 0.800. The third-order valence-corrected chi connectivity index (χ3v) is 2.60. The largest absolute Gasteiger partial charge is 0.343 e. The number of hydrogen-bond donors (Lipinski definition) is 2. The van der Waals surface area contributed by atoms with Crippen LogP contribution in [0.3, 0.4) is 0 Å². The molecule has 0 aromatic carbocycles. The number of amides is 2. The number of nitrogens with one attached hydrogen (secondary N) is 1. The highest BCUT2D eigenvalue weighted by molar-refractivity contribution is 5.88. The van der Waals surface area contributed by atoms with Crippen LogP contribution in [0.1, 0.15) is 26.2 Å². The van der Waals surface area contributed by atoms with E-state index >= 15 is 0 Å². The number of carbonyl (C=O) groups excluding carboxylic acids is 2. The average molecular weight is 250 g/mol. The van der Waals surface area contributed by atoms with Gasteiger partial charge in [-0.15, -0.1) is 12.4 Å². The third-order valence-electron chi connectivity index (χ3n) is 2.60. The molecule has 94 valence electrons. The van der Waals surface area contributed by atoms with Gasteiger partial charge in [0.1, 0.15) is 6.04 Å². The quantitative estimate of drug-likeness (QED) is 0.733. The maximum absolute atomic E-state index is 11.8. The van der Waals surface area contributed by atoms with E-state index in [2.05, 4.69) is 5.32 Å². The molecule has 6 heteroatoms. The third kappa shape index (κ3) is 4.37. The molecule has 0 radical (unpaired) electrons. The number of nitrogens with two attached hydrogens (primary N) is 1. The van der Waals surface area contributed by atoms with Gasteiger partial charge in [0, 0.05) is 13.1 Å². The van der Waals surface area contributed by atoms with Gasteiger partial charge in [0.15, 0.2) is 0 Å². The number of carbonyl (C=O) groups is 2. The van der Waals surface area contributed by atoms with Gasteiger partial charge in [-0.3, -0.25) is 9.59 Å². The lowest BCUT2D eigenvalue weighted by Gasteiger charge is -2.29. The molecule has 0 saturated carbocycles. The molecule has 0 aromatic rings. The molecule has 16 heavy (non-hydrogen) atoms. The van der Waals surface area contributed by atoms with E-state index in [4.69, 9.17) is 5.73 Å². The topological polar surface area (TPSA) is 75.4 Å². The van der Waals surface area contributed by atoms with E-state index in [-0.39, 0.29) is 30.8 Å². The molecule has 1 saturated heterocycles. The van der Waals surface area contributed by atoms with Crippen molar-refractivity contribution >= 4 is 24.2 Å². The second-order valence-corrected chi connectivity index (χ2v) is 3.88. The minimum atomic E-state index is -0.459. The summed E-state index contributed by atoms with van der Waals surface area (Å²) in [4.78, 5) is 24.6. The van der Waals surface area contributed by atoms with Crippen LogP contribution in [0.15, 0.2) is 0 Å². The van der Waals surface area contributed by atoms with Crippen LogP contribution in [0.2, 0.25) is 0 Å². The minimum Gasteiger partial charge on any atom is -0.343 e. The number of rotatable bonds is 3. The Morgan fingerprint density at radius 1 is 1.31 bits per heavy atom. The monoisotopic (exact) mass is 249 g/mol. The molecule has 1 heterocycles. The summed E-state index contributed by atoms with van der Waals surface area (Å²) in [5.74, 6) is -0.288. The Hall–Kier alpha value is -0.810. The van der Waals surface area contributed by atoms with Crippen molar-refractivity contribution in [1.29, 1.82) is 0 Å². The van der Waals surface area contributed by atoms with Gasteiger partial charge in [-0.05, 0) is 26.2 Å². The molecule has 3 N–H and O–H groups in total. The van der Waals surface area contributed by atoms with Crippen molar-refractivity contribution in [3.8, 4) is 0 Å². The Bertz CT molecular complexity index is 242. The first-order chi connectivity index (χ1) is 7.15. The molecule has 0 spiro atoms. The number of piperidine rings is 1. The number of halogens is 1. The Balaban J connectivity index is 0.00000225. The van der Waals surface area contributed by atoms with Gasteiger partial charge >= 0.3 is 0 Å². The molecular weight excluding hydrogens is 230 g/mol. The van der Waals surface area contributed by atoms with Crippen molar-refractivity contribution in [2.75, 3.05) is 19.6 Å². The first kappa shape index (κ1) is 15.2. The van der Waals surface area contributed by atoms with Crippen molar-refractivity contribution < 1.29 is 9.59 Å². The van der Waals surface area contributed by atoms with Crippen LogP contribution in [0.5, 0.6) is 0 Å². The summed E-state index contributed by atoms with van der Waals surface area (Å²) in [7, 11) is 0. The van der Waals surface area contributed by atoms with Crippen molar-refractivity contribution in [2.24, 2.45) is 5.73 Å². The SMILES string of the molecule is CC(NC(=O)CN)C(=O)N1CCCCC1.Cl. The van der Waals surface area contributed by atoms with Crippen molar-refractivity contribution in [3.63, 3.8) is 0 Å². The molecule has 0 aromatic heterocycles. The van der Waals surface area contributed by atoms with Crippen LogP contribution < -0.4 is 11.1 Å². The van der Waals surface area contributed by atoms with Crippen molar-refractivity contribution in [1.82, 2.24) is 10.2 Å². The summed E-state index contributed by atoms with van der Waals surface area (Å²) < 4.78 is 0. The molecule has 2 amide bonds. The number of nitrogens with zero attached hydrogens (tertiary/aromatic N) is 1. The molecule has 1 aliphatic heterocycles. The van der Waals surface area contributed by atoms with Crippen LogP contribution in [-0.2, 0) is 9.59 Å².